The molecule has 0 amide bonds. The number of fused-ring (bicyclic) bond motifs is 6. The van der Waals surface area contributed by atoms with Crippen molar-refractivity contribution in [3.8, 4) is 23.0 Å². The average Bonchev–Trinajstić information content (AvgIpc) is 3.24. The Bertz CT molecular complexity index is 1380. The minimum absolute atomic E-state index is 0.152. The van der Waals surface area contributed by atoms with E-state index in [2.05, 4.69) is 42.5 Å². The van der Waals surface area contributed by atoms with E-state index < -0.39 is 5.60 Å². The van der Waals surface area contributed by atoms with Crippen LogP contribution in [0.3, 0.4) is 0 Å². The van der Waals surface area contributed by atoms with Crippen molar-refractivity contribution in [2.45, 2.75) is 17.5 Å². The van der Waals surface area contributed by atoms with Gasteiger partial charge in [0.25, 0.3) is 0 Å². The van der Waals surface area contributed by atoms with Crippen LogP contribution in [0.1, 0.15) is 22.3 Å². The van der Waals surface area contributed by atoms with E-state index in [0.29, 0.717) is 38.8 Å². The predicted octanol–water partition coefficient (Wildman–Crippen LogP) is 5.66. The summed E-state index contributed by atoms with van der Waals surface area (Å²) in [6.07, 6.45) is 3.80. The topological polar surface area (TPSA) is 47.9 Å². The number of hydrogen-bond donors (Lipinski definition) is 1. The molecule has 0 saturated heterocycles. The SMILES string of the molecule is Oc1ccc2c(c1)Oc1cc(O/C=C/C[Se]c3ccccc3)ccc1C21OCc2ccccc21. The van der Waals surface area contributed by atoms with E-state index in [1.165, 1.54) is 4.46 Å². The zero-order chi connectivity index (χ0) is 23.0. The molecule has 0 radical (unpaired) electrons. The fourth-order valence-electron chi connectivity index (χ4n) is 4.63. The summed E-state index contributed by atoms with van der Waals surface area (Å²) in [6, 6.07) is 29.8. The summed E-state index contributed by atoms with van der Waals surface area (Å²) in [4.78, 5) is 0. The van der Waals surface area contributed by atoms with Crippen LogP contribution in [0.4, 0.5) is 0 Å². The number of allylic oxidation sites excluding steroid dienone is 1. The monoisotopic (exact) mass is 514 g/mol. The molecule has 4 aromatic carbocycles. The van der Waals surface area contributed by atoms with Crippen LogP contribution in [0.15, 0.2) is 103 Å². The Balaban J connectivity index is 1.31. The van der Waals surface area contributed by atoms with Gasteiger partial charge >= 0.3 is 199 Å². The van der Waals surface area contributed by atoms with E-state index in [9.17, 15) is 5.11 Å². The fraction of sp³-hybridized carbons (Fsp3) is 0.103. The molecular formula is C29H22O4Se. The van der Waals surface area contributed by atoms with Gasteiger partial charge < -0.3 is 0 Å². The van der Waals surface area contributed by atoms with Gasteiger partial charge in [-0.2, -0.15) is 0 Å². The quantitative estimate of drug-likeness (QED) is 0.276. The molecule has 0 aromatic heterocycles. The molecule has 1 atom stereocenters. The first-order valence-corrected chi connectivity index (χ1v) is 13.2. The van der Waals surface area contributed by atoms with E-state index in [1.54, 1.807) is 18.4 Å². The molecule has 4 nitrogen and oxygen atoms in total. The molecule has 2 aliphatic rings. The van der Waals surface area contributed by atoms with Crippen molar-refractivity contribution in [3.05, 3.63) is 126 Å². The van der Waals surface area contributed by atoms with Gasteiger partial charge in [-0.3, -0.25) is 0 Å². The molecule has 0 aliphatic carbocycles. The van der Waals surface area contributed by atoms with Gasteiger partial charge in [0.15, 0.2) is 0 Å². The molecule has 34 heavy (non-hydrogen) atoms. The third kappa shape index (κ3) is 3.59. The van der Waals surface area contributed by atoms with Gasteiger partial charge in [-0.05, 0) is 0 Å². The van der Waals surface area contributed by atoms with E-state index in [4.69, 9.17) is 14.2 Å². The zero-order valence-electron chi connectivity index (χ0n) is 18.3. The Labute approximate surface area is 204 Å². The molecule has 0 bridgehead atoms. The molecule has 6 rings (SSSR count). The Hall–Kier alpha value is -3.50. The molecular weight excluding hydrogens is 491 g/mol. The minimum atomic E-state index is -0.778. The normalized spacial score (nSPS) is 17.8. The molecule has 0 saturated carbocycles. The van der Waals surface area contributed by atoms with Crippen LogP contribution >= 0.6 is 0 Å². The second-order valence-corrected chi connectivity index (χ2v) is 10.5. The second kappa shape index (κ2) is 8.69. The van der Waals surface area contributed by atoms with Crippen molar-refractivity contribution in [2.75, 3.05) is 0 Å². The Kier molecular flexibility index (Phi) is 5.38. The van der Waals surface area contributed by atoms with Crippen LogP contribution in [0.2, 0.25) is 5.32 Å². The summed E-state index contributed by atoms with van der Waals surface area (Å²) in [5.74, 6) is 2.09. The van der Waals surface area contributed by atoms with Crippen LogP contribution in [-0.2, 0) is 16.9 Å². The van der Waals surface area contributed by atoms with Gasteiger partial charge in [-0.1, -0.05) is 6.07 Å². The van der Waals surface area contributed by atoms with Gasteiger partial charge in [0.2, 0.25) is 0 Å². The average molecular weight is 513 g/mol. The van der Waals surface area contributed by atoms with E-state index in [1.807, 2.05) is 42.5 Å². The fourth-order valence-corrected chi connectivity index (χ4v) is 6.13. The van der Waals surface area contributed by atoms with Crippen molar-refractivity contribution in [1.29, 1.82) is 0 Å². The summed E-state index contributed by atoms with van der Waals surface area (Å²) in [7, 11) is 0. The van der Waals surface area contributed by atoms with Crippen LogP contribution < -0.4 is 13.9 Å². The number of rotatable bonds is 5. The van der Waals surface area contributed by atoms with Crippen LogP contribution in [0.5, 0.6) is 23.0 Å². The number of hydrogen-bond acceptors (Lipinski definition) is 4. The van der Waals surface area contributed by atoms with Crippen molar-refractivity contribution in [2.24, 2.45) is 0 Å². The van der Waals surface area contributed by atoms with Gasteiger partial charge in [-0.25, -0.2) is 0 Å². The Morgan fingerprint density at radius 1 is 0.853 bits per heavy atom. The van der Waals surface area contributed by atoms with Crippen LogP contribution in [0.25, 0.3) is 0 Å². The zero-order valence-corrected chi connectivity index (χ0v) is 20.0. The summed E-state index contributed by atoms with van der Waals surface area (Å²) in [5, 5.41) is 11.1. The molecule has 5 heteroatoms. The Morgan fingerprint density at radius 3 is 2.50 bits per heavy atom. The van der Waals surface area contributed by atoms with E-state index in [0.717, 1.165) is 27.6 Å². The first kappa shape index (κ1) is 21.1. The van der Waals surface area contributed by atoms with E-state index >= 15 is 0 Å². The van der Waals surface area contributed by atoms with Crippen LogP contribution in [0, 0.1) is 0 Å². The van der Waals surface area contributed by atoms with Gasteiger partial charge in [-0.15, -0.1) is 0 Å². The third-order valence-electron chi connectivity index (χ3n) is 6.13. The summed E-state index contributed by atoms with van der Waals surface area (Å²) >= 11 is 0.380. The molecule has 2 aliphatic heterocycles. The Morgan fingerprint density at radius 2 is 1.62 bits per heavy atom. The molecule has 4 aromatic rings. The standard InChI is InChI=1S/C29H22O4Se/c30-21-11-13-25-27(17-21)33-28-18-22(31-15-6-16-34-23-8-2-1-3-9-23)12-14-26(28)29(25)24-10-5-4-7-20(24)19-32-29/h1-15,17-18,30H,16,19H2/b15-6+. The maximum absolute atomic E-state index is 10.1. The van der Waals surface area contributed by atoms with Crippen molar-refractivity contribution in [1.82, 2.24) is 0 Å². The number of phenolic OH excluding ortho intramolecular Hbond substituents is 1. The number of ether oxygens (including phenoxy) is 3. The predicted molar refractivity (Wildman–Crippen MR) is 132 cm³/mol. The third-order valence-corrected chi connectivity index (χ3v) is 8.15. The number of aromatic hydroxyl groups is 1. The molecule has 2 heterocycles. The molecule has 1 N–H and O–H groups in total. The first-order valence-electron chi connectivity index (χ1n) is 11.1. The first-order chi connectivity index (χ1) is 16.7. The van der Waals surface area contributed by atoms with Gasteiger partial charge in [0.1, 0.15) is 0 Å². The van der Waals surface area contributed by atoms with Crippen molar-refractivity contribution < 1.29 is 19.3 Å². The summed E-state index contributed by atoms with van der Waals surface area (Å²) in [6.45, 7) is 0.514. The number of benzene rings is 4. The van der Waals surface area contributed by atoms with E-state index in [-0.39, 0.29) is 5.75 Å². The van der Waals surface area contributed by atoms with Crippen molar-refractivity contribution >= 4 is 19.4 Å². The maximum atomic E-state index is 10.1. The van der Waals surface area contributed by atoms with Gasteiger partial charge in [0, 0.05) is 0 Å². The molecule has 1 spiro atoms. The molecule has 168 valence electrons. The summed E-state index contributed by atoms with van der Waals surface area (Å²) < 4.78 is 20.0. The van der Waals surface area contributed by atoms with Crippen LogP contribution in [-0.4, -0.2) is 20.1 Å². The van der Waals surface area contributed by atoms with Crippen molar-refractivity contribution in [3.63, 3.8) is 0 Å². The second-order valence-electron chi connectivity index (χ2n) is 8.18. The molecule has 1 unspecified atom stereocenters. The summed E-state index contributed by atoms with van der Waals surface area (Å²) in [5.41, 5.74) is 3.29. The molecule has 0 fully saturated rings. The van der Waals surface area contributed by atoms with Gasteiger partial charge in [0.05, 0.1) is 0 Å². The number of phenols is 1.